The Bertz CT molecular complexity index is 525. The molecule has 0 bridgehead atoms. The van der Waals surface area contributed by atoms with Crippen molar-refractivity contribution in [1.82, 2.24) is 10.2 Å². The molecule has 3 nitrogen and oxygen atoms in total. The van der Waals surface area contributed by atoms with Gasteiger partial charge in [-0.05, 0) is 18.4 Å². The van der Waals surface area contributed by atoms with Gasteiger partial charge in [0.05, 0.1) is 6.20 Å². The SMILES string of the molecule is CSc1cc(F)cc(-c2cn[nH]c2N)c1F. The maximum absolute atomic E-state index is 13.9. The zero-order chi connectivity index (χ0) is 11.7. The van der Waals surface area contributed by atoms with Crippen LogP contribution >= 0.6 is 11.8 Å². The van der Waals surface area contributed by atoms with Crippen LogP contribution in [-0.4, -0.2) is 16.5 Å². The molecule has 0 atom stereocenters. The number of thioether (sulfide) groups is 1. The third kappa shape index (κ3) is 1.76. The molecule has 0 aliphatic rings. The van der Waals surface area contributed by atoms with Crippen LogP contribution in [0.25, 0.3) is 11.1 Å². The van der Waals surface area contributed by atoms with Crippen LogP contribution in [0.4, 0.5) is 14.6 Å². The average Bonchev–Trinajstić information content (AvgIpc) is 2.67. The molecule has 2 aromatic rings. The summed E-state index contributed by atoms with van der Waals surface area (Å²) in [5.41, 5.74) is 6.06. The number of nitrogens with two attached hydrogens (primary N) is 1. The van der Waals surface area contributed by atoms with Gasteiger partial charge in [0.2, 0.25) is 0 Å². The predicted molar refractivity (Wildman–Crippen MR) is 60.1 cm³/mol. The molecule has 1 aromatic heterocycles. The Morgan fingerprint density at radius 1 is 1.31 bits per heavy atom. The minimum atomic E-state index is -0.499. The molecule has 1 heterocycles. The van der Waals surface area contributed by atoms with E-state index in [2.05, 4.69) is 10.2 Å². The number of nitrogens with zero attached hydrogens (tertiary/aromatic N) is 1. The largest absolute Gasteiger partial charge is 0.384 e. The molecular weight excluding hydrogens is 232 g/mol. The molecule has 0 spiro atoms. The topological polar surface area (TPSA) is 54.7 Å². The van der Waals surface area contributed by atoms with Gasteiger partial charge in [0.25, 0.3) is 0 Å². The van der Waals surface area contributed by atoms with Crippen molar-refractivity contribution in [3.05, 3.63) is 30.0 Å². The van der Waals surface area contributed by atoms with Gasteiger partial charge in [-0.3, -0.25) is 5.10 Å². The quantitative estimate of drug-likeness (QED) is 0.795. The molecule has 0 fully saturated rings. The Balaban J connectivity index is 2.65. The number of hydrogen-bond acceptors (Lipinski definition) is 3. The van der Waals surface area contributed by atoms with E-state index in [1.807, 2.05) is 0 Å². The molecule has 6 heteroatoms. The molecule has 2 rings (SSSR count). The summed E-state index contributed by atoms with van der Waals surface area (Å²) < 4.78 is 27.2. The highest BCUT2D eigenvalue weighted by atomic mass is 32.2. The molecule has 0 aliphatic carbocycles. The minimum absolute atomic E-state index is 0.121. The zero-order valence-electron chi connectivity index (χ0n) is 8.42. The lowest BCUT2D eigenvalue weighted by Crippen LogP contribution is -1.93. The number of H-pyrrole nitrogens is 1. The molecule has 0 saturated carbocycles. The molecule has 3 N–H and O–H groups in total. The summed E-state index contributed by atoms with van der Waals surface area (Å²) in [4.78, 5) is 0.246. The normalized spacial score (nSPS) is 10.7. The minimum Gasteiger partial charge on any atom is -0.384 e. The van der Waals surface area contributed by atoms with E-state index in [1.165, 1.54) is 6.20 Å². The zero-order valence-corrected chi connectivity index (χ0v) is 9.24. The lowest BCUT2D eigenvalue weighted by molar-refractivity contribution is 0.581. The molecule has 84 valence electrons. The van der Waals surface area contributed by atoms with Crippen LogP contribution in [0.5, 0.6) is 0 Å². The van der Waals surface area contributed by atoms with Crippen molar-refractivity contribution < 1.29 is 8.78 Å². The van der Waals surface area contributed by atoms with Gasteiger partial charge in [-0.15, -0.1) is 11.8 Å². The van der Waals surface area contributed by atoms with Crippen LogP contribution in [0, 0.1) is 11.6 Å². The second-order valence-corrected chi connectivity index (χ2v) is 4.02. The fraction of sp³-hybridized carbons (Fsp3) is 0.100. The third-order valence-corrected chi connectivity index (χ3v) is 2.92. The fourth-order valence-electron chi connectivity index (χ4n) is 1.42. The molecule has 0 unspecified atom stereocenters. The van der Waals surface area contributed by atoms with Crippen molar-refractivity contribution in [1.29, 1.82) is 0 Å². The molecule has 1 aromatic carbocycles. The van der Waals surface area contributed by atoms with Gasteiger partial charge in [-0.1, -0.05) is 0 Å². The van der Waals surface area contributed by atoms with Crippen LogP contribution in [0.3, 0.4) is 0 Å². The number of nitrogens with one attached hydrogen (secondary N) is 1. The standard InChI is InChI=1S/C10H9F2N3S/c1-16-8-3-5(11)2-6(9(8)12)7-4-14-15-10(7)13/h2-4H,1H3,(H3,13,14,15). The summed E-state index contributed by atoms with van der Waals surface area (Å²) in [5.74, 6) is -0.764. The molecular formula is C10H9F2N3S. The van der Waals surface area contributed by atoms with Crippen LogP contribution in [-0.2, 0) is 0 Å². The Morgan fingerprint density at radius 3 is 2.62 bits per heavy atom. The monoisotopic (exact) mass is 241 g/mol. The van der Waals surface area contributed by atoms with Crippen molar-refractivity contribution in [3.63, 3.8) is 0 Å². The highest BCUT2D eigenvalue weighted by Gasteiger charge is 2.15. The van der Waals surface area contributed by atoms with Crippen molar-refractivity contribution in [2.24, 2.45) is 0 Å². The predicted octanol–water partition coefficient (Wildman–Crippen LogP) is 2.66. The number of aromatic nitrogens is 2. The summed E-state index contributed by atoms with van der Waals surface area (Å²) in [6.45, 7) is 0. The number of rotatable bonds is 2. The van der Waals surface area contributed by atoms with Gasteiger partial charge in [-0.25, -0.2) is 8.78 Å². The van der Waals surface area contributed by atoms with E-state index < -0.39 is 11.6 Å². The Morgan fingerprint density at radius 2 is 2.06 bits per heavy atom. The lowest BCUT2D eigenvalue weighted by atomic mass is 10.1. The first-order valence-electron chi connectivity index (χ1n) is 4.45. The number of benzene rings is 1. The number of nitrogen functional groups attached to an aromatic ring is 1. The Hall–Kier alpha value is -1.56. The highest BCUT2D eigenvalue weighted by Crippen LogP contribution is 2.32. The van der Waals surface area contributed by atoms with Gasteiger partial charge in [0.1, 0.15) is 17.5 Å². The average molecular weight is 241 g/mol. The molecule has 0 radical (unpaired) electrons. The number of hydrogen-bond donors (Lipinski definition) is 2. The van der Waals surface area contributed by atoms with E-state index in [0.29, 0.717) is 5.56 Å². The lowest BCUT2D eigenvalue weighted by Gasteiger charge is -2.06. The van der Waals surface area contributed by atoms with Gasteiger partial charge < -0.3 is 5.73 Å². The van der Waals surface area contributed by atoms with Crippen molar-refractivity contribution in [2.45, 2.75) is 4.90 Å². The van der Waals surface area contributed by atoms with Crippen LogP contribution in [0.15, 0.2) is 23.2 Å². The van der Waals surface area contributed by atoms with E-state index in [9.17, 15) is 8.78 Å². The van der Waals surface area contributed by atoms with Gasteiger partial charge in [0.15, 0.2) is 0 Å². The molecule has 16 heavy (non-hydrogen) atoms. The second-order valence-electron chi connectivity index (χ2n) is 3.17. The van der Waals surface area contributed by atoms with E-state index in [1.54, 1.807) is 6.26 Å². The van der Waals surface area contributed by atoms with E-state index in [0.717, 1.165) is 23.9 Å². The Kier molecular flexibility index (Phi) is 2.82. The second kappa shape index (κ2) is 4.13. The molecule has 0 saturated heterocycles. The Labute approximate surface area is 95.0 Å². The van der Waals surface area contributed by atoms with Gasteiger partial charge in [-0.2, -0.15) is 5.10 Å². The summed E-state index contributed by atoms with van der Waals surface area (Å²) >= 11 is 1.14. The van der Waals surface area contributed by atoms with Crippen LogP contribution in [0.1, 0.15) is 0 Å². The van der Waals surface area contributed by atoms with Crippen molar-refractivity contribution in [2.75, 3.05) is 12.0 Å². The van der Waals surface area contributed by atoms with Crippen LogP contribution in [0.2, 0.25) is 0 Å². The highest BCUT2D eigenvalue weighted by molar-refractivity contribution is 7.98. The summed E-state index contributed by atoms with van der Waals surface area (Å²) in [7, 11) is 0. The van der Waals surface area contributed by atoms with E-state index >= 15 is 0 Å². The molecule has 0 aliphatic heterocycles. The molecule has 0 amide bonds. The van der Waals surface area contributed by atoms with Crippen LogP contribution < -0.4 is 5.73 Å². The summed E-state index contributed by atoms with van der Waals surface area (Å²) in [6, 6.07) is 2.26. The summed E-state index contributed by atoms with van der Waals surface area (Å²) in [5, 5.41) is 6.16. The number of aromatic amines is 1. The smallest absolute Gasteiger partial charge is 0.144 e. The first-order valence-corrected chi connectivity index (χ1v) is 5.68. The maximum Gasteiger partial charge on any atom is 0.144 e. The number of halogens is 2. The van der Waals surface area contributed by atoms with E-state index in [-0.39, 0.29) is 16.3 Å². The number of anilines is 1. The van der Waals surface area contributed by atoms with Gasteiger partial charge in [0, 0.05) is 16.0 Å². The van der Waals surface area contributed by atoms with Gasteiger partial charge >= 0.3 is 0 Å². The van der Waals surface area contributed by atoms with E-state index in [4.69, 9.17) is 5.73 Å². The summed E-state index contributed by atoms with van der Waals surface area (Å²) in [6.07, 6.45) is 3.05. The first kappa shape index (κ1) is 10.9. The van der Waals surface area contributed by atoms with Crippen molar-refractivity contribution >= 4 is 17.6 Å². The fourth-order valence-corrected chi connectivity index (χ4v) is 1.94. The third-order valence-electron chi connectivity index (χ3n) is 2.18. The first-order chi connectivity index (χ1) is 7.63. The maximum atomic E-state index is 13.9. The van der Waals surface area contributed by atoms with Crippen molar-refractivity contribution in [3.8, 4) is 11.1 Å².